The number of carbonyl (C=O) groups excluding carboxylic acids is 10. The van der Waals surface area contributed by atoms with Gasteiger partial charge >= 0.3 is 12.4 Å². The third kappa shape index (κ3) is 19.8. The highest BCUT2D eigenvalue weighted by Gasteiger charge is 2.50. The molecule has 624 valence electrons. The fourth-order valence-electron chi connectivity index (χ4n) is 14.7. The van der Waals surface area contributed by atoms with Crippen LogP contribution in [0.4, 0.5) is 26.3 Å². The molecule has 2 aliphatic heterocycles. The second kappa shape index (κ2) is 37.0. The molecule has 11 aromatic carbocycles. The summed E-state index contributed by atoms with van der Waals surface area (Å²) in [5.41, 5.74) is 1.24. The molecule has 0 spiro atoms. The zero-order valence-corrected chi connectivity index (χ0v) is 67.6. The monoisotopic (exact) mass is 1740 g/mol. The summed E-state index contributed by atoms with van der Waals surface area (Å²) in [6.45, 7) is 13.4. The lowest BCUT2D eigenvalue weighted by molar-refractivity contribution is -0.153. The molecule has 30 heteroatoms. The van der Waals surface area contributed by atoms with Gasteiger partial charge in [-0.25, -0.2) is 0 Å². The lowest BCUT2D eigenvalue weighted by Crippen LogP contribution is -2.55. The number of hydrogen-bond acceptors (Lipinski definition) is 14. The van der Waals surface area contributed by atoms with Gasteiger partial charge in [0, 0.05) is 82.1 Å². The summed E-state index contributed by atoms with van der Waals surface area (Å²) in [5, 5.41) is 7.71. The van der Waals surface area contributed by atoms with Gasteiger partial charge in [0.25, 0.3) is 35.4 Å². The van der Waals surface area contributed by atoms with Gasteiger partial charge in [-0.3, -0.25) is 57.7 Å². The Balaban J connectivity index is 1.14. The van der Waals surface area contributed by atoms with Crippen LogP contribution in [0.2, 0.25) is 0 Å². The summed E-state index contributed by atoms with van der Waals surface area (Å²) in [7, 11) is 0. The molecule has 2 aliphatic rings. The molecule has 11 aromatic rings. The largest absolute Gasteiger partial charge is 0.457 e. The van der Waals surface area contributed by atoms with Crippen molar-refractivity contribution in [3.05, 3.63) is 284 Å². The lowest BCUT2D eigenvalue weighted by atomic mass is 9.80. The number of ether oxygens (including phenoxy) is 4. The number of nitrogens with one attached hydrogen (secondary N) is 4. The molecule has 4 N–H and O–H groups in total. The topological polar surface area (TPSA) is 262 Å². The van der Waals surface area contributed by atoms with Crippen LogP contribution in [0.25, 0.3) is 43.1 Å². The summed E-state index contributed by atoms with van der Waals surface area (Å²) in [6.07, 6.45) is -12.9. The Kier molecular flexibility index (Phi) is 26.4. The lowest BCUT2D eigenvalue weighted by Gasteiger charge is -2.36. The van der Waals surface area contributed by atoms with E-state index in [1.165, 1.54) is 48.5 Å². The molecule has 2 atom stereocenters. The van der Waals surface area contributed by atoms with Crippen LogP contribution in [0.5, 0.6) is 46.0 Å². The van der Waals surface area contributed by atoms with Crippen molar-refractivity contribution in [3.63, 3.8) is 0 Å². The smallest absolute Gasteiger partial charge is 0.391 e. The molecule has 122 heavy (non-hydrogen) atoms. The number of aryl methyl sites for hydroxylation is 2. The maximum Gasteiger partial charge on any atom is 0.391 e. The molecule has 2 unspecified atom stereocenters. The Morgan fingerprint density at radius 2 is 0.615 bits per heavy atom. The number of fused-ring (bicyclic) bond motifs is 2. The van der Waals surface area contributed by atoms with Crippen molar-refractivity contribution >= 4 is 148 Å². The molecule has 20 nitrogen and oxygen atoms in total. The first-order chi connectivity index (χ1) is 58.2. The number of halogens is 10. The second-order valence-corrected chi connectivity index (χ2v) is 30.7. The van der Waals surface area contributed by atoms with Gasteiger partial charge in [-0.15, -0.1) is 0 Å². The summed E-state index contributed by atoms with van der Waals surface area (Å²) >= 11 is 23.6. The molecule has 0 aliphatic carbocycles. The standard InChI is InChI=1S/C92H72Cl4F6N6O14/c1-49(93)69(109)19-11-17-53-21-29-59(30-22-53)119-71-41-63-75-64(88(116)107(87(63)115)67(45-91(97,98)99)85(113)105-47-57-13-7-5-8-14-57)42-72(120-60-31-23-54(24-32-60)18-12-20-70(110)50(2)94)78-80-74(122-62-35-27-56(28-36-62)38-40-104-84(112)52(4)96)44-66-76-65(89(117)108(90(66)118)68(46-92(100,101)102)86(114)106-48-58-15-9-6-10-16-58)43-73(79(82(76)80)77(71)81(75)78)121-61-33-25-55(26-34-61)37-39-103-83(111)51(3)95/h5-10,13-16,21-36,41-44,67-68H,1-4,11-12,17-20,37-40,45-48H2,(H,103,111)(H,104,112)(H,105,113)(H,106,114). The molecule has 8 amide bonds. The summed E-state index contributed by atoms with van der Waals surface area (Å²) in [4.78, 5) is 145. The van der Waals surface area contributed by atoms with E-state index in [1.807, 2.05) is 0 Å². The van der Waals surface area contributed by atoms with E-state index >= 15 is 45.5 Å². The fourth-order valence-corrected chi connectivity index (χ4v) is 15.0. The quantitative estimate of drug-likeness (QED) is 0.00936. The molecule has 0 saturated carbocycles. The Labute approximate surface area is 713 Å². The zero-order chi connectivity index (χ0) is 87.2. The normalized spacial score (nSPS) is 13.1. The Bertz CT molecular complexity index is 5420. The van der Waals surface area contributed by atoms with E-state index < -0.39 is 107 Å². The first-order valence-electron chi connectivity index (χ1n) is 38.1. The maximum absolute atomic E-state index is 16.3. The molecule has 0 bridgehead atoms. The number of ketones is 2. The Hall–Kier alpha value is -12.9. The first kappa shape index (κ1) is 87.0. The number of benzene rings is 11. The number of hydrogen-bond donors (Lipinski definition) is 4. The minimum absolute atomic E-state index is 0.0147. The van der Waals surface area contributed by atoms with Crippen LogP contribution in [0, 0.1) is 0 Å². The number of Topliss-reactive ketones (excluding diaryl/α,β-unsaturated/α-hetero) is 2. The highest BCUT2D eigenvalue weighted by atomic mass is 35.5. The summed E-state index contributed by atoms with van der Waals surface area (Å²) in [6, 6.07) is 40.5. The van der Waals surface area contributed by atoms with E-state index in [1.54, 1.807) is 109 Å². The number of allylic oxidation sites excluding steroid dienone is 2. The number of carbonyl (C=O) groups is 10. The van der Waals surface area contributed by atoms with Crippen molar-refractivity contribution in [2.24, 2.45) is 0 Å². The van der Waals surface area contributed by atoms with Crippen molar-refractivity contribution in [3.8, 4) is 46.0 Å². The SMILES string of the molecule is C=C(Cl)C(=O)CCCc1ccc(Oc2cc3c4c(cc(Oc5ccc(CCCC(=O)C(=C)Cl)cc5)c5c6c(Oc7ccc(CCNC(=O)C(=C)Cl)cc7)cc7c8c(cc(Oc9ccc(CCNC(=O)C(=C)Cl)cc9)c(c2c45)c86)C(=O)N(C(CC(F)(F)F)C(=O)NCc2ccccc2)C7=O)C(=O)N(C(CC(F)(F)F)C(=O)NCc2ccccc2)C3=O)cc1. The number of rotatable bonds is 36. The maximum atomic E-state index is 16.3. The van der Waals surface area contributed by atoms with Crippen LogP contribution in [-0.2, 0) is 67.5 Å². The number of imide groups is 2. The summed E-state index contributed by atoms with van der Waals surface area (Å²) < 4.78 is 121. The molecular weight excluding hydrogens is 1670 g/mol. The molecule has 13 rings (SSSR count). The van der Waals surface area contributed by atoms with Gasteiger partial charge in [-0.05, 0) is 145 Å². The van der Waals surface area contributed by atoms with Crippen LogP contribution in [0.3, 0.4) is 0 Å². The van der Waals surface area contributed by atoms with Gasteiger partial charge in [0.2, 0.25) is 11.8 Å². The third-order valence-corrected chi connectivity index (χ3v) is 21.3. The number of nitrogens with zero attached hydrogens (tertiary/aromatic N) is 2. The first-order valence-corrected chi connectivity index (χ1v) is 39.7. The summed E-state index contributed by atoms with van der Waals surface area (Å²) in [5.74, 6) is -12.2. The average Bonchev–Trinajstić information content (AvgIpc) is 0.669. The third-order valence-electron chi connectivity index (χ3n) is 20.5. The van der Waals surface area contributed by atoms with Gasteiger partial charge < -0.3 is 40.2 Å². The highest BCUT2D eigenvalue weighted by molar-refractivity contribution is 6.46. The van der Waals surface area contributed by atoms with E-state index in [-0.39, 0.29) is 182 Å². The van der Waals surface area contributed by atoms with Gasteiger partial charge in [0.05, 0.1) is 55.2 Å². The van der Waals surface area contributed by atoms with Crippen LogP contribution in [0.15, 0.2) is 228 Å². The van der Waals surface area contributed by atoms with E-state index in [9.17, 15) is 28.8 Å². The molecular formula is C92H72Cl4F6N6O14. The van der Waals surface area contributed by atoms with Crippen molar-refractivity contribution in [1.82, 2.24) is 31.1 Å². The van der Waals surface area contributed by atoms with Crippen LogP contribution in [0.1, 0.15) is 113 Å². The zero-order valence-electron chi connectivity index (χ0n) is 64.6. The van der Waals surface area contributed by atoms with Crippen molar-refractivity contribution in [2.45, 2.75) is 102 Å². The van der Waals surface area contributed by atoms with E-state index in [0.29, 0.717) is 59.1 Å². The van der Waals surface area contributed by atoms with Crippen LogP contribution >= 0.6 is 46.4 Å². The molecule has 0 saturated heterocycles. The van der Waals surface area contributed by atoms with E-state index in [0.717, 1.165) is 24.3 Å². The van der Waals surface area contributed by atoms with Crippen molar-refractivity contribution in [1.29, 1.82) is 0 Å². The van der Waals surface area contributed by atoms with Gasteiger partial charge in [-0.1, -0.05) is 182 Å². The van der Waals surface area contributed by atoms with Gasteiger partial charge in [0.15, 0.2) is 11.6 Å². The second-order valence-electron chi connectivity index (χ2n) is 28.9. The van der Waals surface area contributed by atoms with E-state index in [4.69, 9.17) is 65.4 Å². The Morgan fingerprint density at radius 1 is 0.344 bits per heavy atom. The van der Waals surface area contributed by atoms with Crippen LogP contribution < -0.4 is 40.2 Å². The minimum Gasteiger partial charge on any atom is -0.457 e. The fraction of sp³-hybridized carbons (Fsp3) is 0.196. The van der Waals surface area contributed by atoms with E-state index in [2.05, 4.69) is 47.6 Å². The minimum atomic E-state index is -5.25. The number of alkyl halides is 6. The van der Waals surface area contributed by atoms with Crippen molar-refractivity contribution < 1.29 is 93.2 Å². The Morgan fingerprint density at radius 3 is 0.869 bits per heavy atom. The molecule has 2 heterocycles. The predicted molar refractivity (Wildman–Crippen MR) is 450 cm³/mol. The van der Waals surface area contributed by atoms with Gasteiger partial charge in [0.1, 0.15) is 58.1 Å². The van der Waals surface area contributed by atoms with Crippen LogP contribution in [-0.4, -0.2) is 106 Å². The molecule has 0 aromatic heterocycles. The highest BCUT2D eigenvalue weighted by Crippen LogP contribution is 2.58. The average molecular weight is 1740 g/mol. The predicted octanol–water partition coefficient (Wildman–Crippen LogP) is 19.5. The van der Waals surface area contributed by atoms with Crippen molar-refractivity contribution in [2.75, 3.05) is 13.1 Å². The molecule has 0 radical (unpaired) electrons. The molecule has 0 fully saturated rings. The number of amides is 8. The van der Waals surface area contributed by atoms with Gasteiger partial charge in [-0.2, -0.15) is 26.3 Å².